The molecule has 0 spiro atoms. The number of carbonyl (C=O) groups excluding carboxylic acids is 1. The summed E-state index contributed by atoms with van der Waals surface area (Å²) in [4.78, 5) is 12.1. The van der Waals surface area contributed by atoms with E-state index in [4.69, 9.17) is 13.7 Å². The Morgan fingerprint density at radius 1 is 1.22 bits per heavy atom. The molecule has 0 bridgehead atoms. The predicted octanol–water partition coefficient (Wildman–Crippen LogP) is 2.24. The minimum Gasteiger partial charge on any atom is -0.532 e. The number of benzene rings is 1. The van der Waals surface area contributed by atoms with Crippen molar-refractivity contribution in [1.82, 2.24) is 5.32 Å². The SMILES string of the molecule is C=C1OB(c2ccc(C(=O)NCc3ccccc3)o2)OC1(C)C. The lowest BCUT2D eigenvalue weighted by Gasteiger charge is -2.15. The van der Waals surface area contributed by atoms with Crippen LogP contribution in [-0.2, 0) is 15.9 Å². The summed E-state index contributed by atoms with van der Waals surface area (Å²) in [5.41, 5.74) is 0.891. The monoisotopic (exact) mass is 311 g/mol. The van der Waals surface area contributed by atoms with Crippen molar-refractivity contribution in [3.05, 3.63) is 66.1 Å². The van der Waals surface area contributed by atoms with Gasteiger partial charge in [-0.25, -0.2) is 0 Å². The van der Waals surface area contributed by atoms with E-state index in [9.17, 15) is 4.79 Å². The first-order chi connectivity index (χ1) is 11.0. The second-order valence-corrected chi connectivity index (χ2v) is 5.87. The van der Waals surface area contributed by atoms with Gasteiger partial charge in [-0.3, -0.25) is 4.79 Å². The molecule has 1 amide bonds. The molecule has 1 N–H and O–H groups in total. The van der Waals surface area contributed by atoms with Gasteiger partial charge in [0.2, 0.25) is 0 Å². The molecule has 0 atom stereocenters. The highest BCUT2D eigenvalue weighted by Crippen LogP contribution is 2.29. The van der Waals surface area contributed by atoms with Crippen molar-refractivity contribution in [2.75, 3.05) is 0 Å². The van der Waals surface area contributed by atoms with E-state index in [-0.39, 0.29) is 11.7 Å². The van der Waals surface area contributed by atoms with E-state index >= 15 is 0 Å². The molecule has 1 saturated heterocycles. The maximum absolute atomic E-state index is 12.1. The molecule has 118 valence electrons. The standard InChI is InChI=1S/C17H18BNO4/c1-12-17(2,3)23-18(22-12)15-10-9-14(21-15)16(20)19-11-13-7-5-4-6-8-13/h4-10H,1,11H2,2-3H3,(H,19,20). The van der Waals surface area contributed by atoms with E-state index in [1.165, 1.54) is 0 Å². The number of furan rings is 1. The predicted molar refractivity (Wildman–Crippen MR) is 87.1 cm³/mol. The molecule has 0 radical (unpaired) electrons. The molecule has 3 rings (SSSR count). The Morgan fingerprint density at radius 3 is 2.61 bits per heavy atom. The van der Waals surface area contributed by atoms with Crippen LogP contribution in [0.1, 0.15) is 30.0 Å². The van der Waals surface area contributed by atoms with E-state index in [0.717, 1.165) is 5.56 Å². The van der Waals surface area contributed by atoms with Crippen LogP contribution in [0.4, 0.5) is 0 Å². The summed E-state index contributed by atoms with van der Waals surface area (Å²) in [7, 11) is -0.673. The molecule has 1 aromatic carbocycles. The summed E-state index contributed by atoms with van der Waals surface area (Å²) in [6.07, 6.45) is 0. The lowest BCUT2D eigenvalue weighted by molar-refractivity contribution is 0.0924. The highest BCUT2D eigenvalue weighted by molar-refractivity contribution is 6.61. The van der Waals surface area contributed by atoms with Crippen LogP contribution in [-0.4, -0.2) is 18.6 Å². The minimum absolute atomic E-state index is 0.221. The Balaban J connectivity index is 1.63. The maximum atomic E-state index is 12.1. The van der Waals surface area contributed by atoms with Crippen LogP contribution in [0.15, 0.2) is 59.2 Å². The molecule has 1 aromatic heterocycles. The largest absolute Gasteiger partial charge is 0.601 e. The average Bonchev–Trinajstić information content (AvgIpc) is 3.11. The van der Waals surface area contributed by atoms with Gasteiger partial charge >= 0.3 is 7.12 Å². The molecule has 0 aliphatic carbocycles. The molecule has 5 nitrogen and oxygen atoms in total. The van der Waals surface area contributed by atoms with E-state index in [1.807, 2.05) is 44.2 Å². The fourth-order valence-corrected chi connectivity index (χ4v) is 2.21. The number of rotatable bonds is 4. The number of hydrogen-bond donors (Lipinski definition) is 1. The number of amides is 1. The van der Waals surface area contributed by atoms with Gasteiger partial charge in [-0.2, -0.15) is 0 Å². The second-order valence-electron chi connectivity index (χ2n) is 5.87. The molecule has 2 heterocycles. The lowest BCUT2D eigenvalue weighted by atomic mass is 9.86. The van der Waals surface area contributed by atoms with Gasteiger partial charge < -0.3 is 19.0 Å². The van der Waals surface area contributed by atoms with Gasteiger partial charge in [-0.1, -0.05) is 36.9 Å². The molecule has 23 heavy (non-hydrogen) atoms. The van der Waals surface area contributed by atoms with Crippen molar-refractivity contribution >= 4 is 18.7 Å². The topological polar surface area (TPSA) is 60.7 Å². The zero-order chi connectivity index (χ0) is 16.4. The van der Waals surface area contributed by atoms with Gasteiger partial charge in [0.25, 0.3) is 5.91 Å². The highest BCUT2D eigenvalue weighted by Gasteiger charge is 2.45. The molecule has 1 aliphatic heterocycles. The van der Waals surface area contributed by atoms with Gasteiger partial charge in [-0.05, 0) is 31.5 Å². The Bertz CT molecular complexity index is 723. The molecule has 6 heteroatoms. The third kappa shape index (κ3) is 3.32. The van der Waals surface area contributed by atoms with Gasteiger partial charge in [0.05, 0.1) is 5.76 Å². The number of nitrogens with one attached hydrogen (secondary N) is 1. The number of carbonyl (C=O) groups is 1. The second kappa shape index (κ2) is 5.97. The Hall–Kier alpha value is -2.47. The van der Waals surface area contributed by atoms with Gasteiger partial charge in [0.15, 0.2) is 11.4 Å². The fraction of sp³-hybridized carbons (Fsp3) is 0.235. The first-order valence-corrected chi connectivity index (χ1v) is 7.41. The van der Waals surface area contributed by atoms with Crippen LogP contribution in [0, 0.1) is 0 Å². The summed E-state index contributed by atoms with van der Waals surface area (Å²) in [5, 5.41) is 2.81. The van der Waals surface area contributed by atoms with Crippen LogP contribution in [0.25, 0.3) is 0 Å². The maximum Gasteiger partial charge on any atom is 0.601 e. The minimum atomic E-state index is -0.673. The number of hydrogen-bond acceptors (Lipinski definition) is 4. The van der Waals surface area contributed by atoms with Gasteiger partial charge in [0.1, 0.15) is 5.60 Å². The Morgan fingerprint density at radius 2 is 1.96 bits per heavy atom. The average molecular weight is 311 g/mol. The molecular formula is C17H18BNO4. The lowest BCUT2D eigenvalue weighted by Crippen LogP contribution is -2.33. The first-order valence-electron chi connectivity index (χ1n) is 7.41. The molecule has 0 unspecified atom stereocenters. The quantitative estimate of drug-likeness (QED) is 0.880. The van der Waals surface area contributed by atoms with E-state index < -0.39 is 12.7 Å². The third-order valence-corrected chi connectivity index (χ3v) is 3.70. The molecule has 1 fully saturated rings. The summed E-state index contributed by atoms with van der Waals surface area (Å²) in [6.45, 7) is 7.99. The Kier molecular flexibility index (Phi) is 4.00. The molecule has 0 saturated carbocycles. The normalized spacial score (nSPS) is 16.3. The van der Waals surface area contributed by atoms with Crippen molar-refractivity contribution in [2.45, 2.75) is 26.0 Å². The zero-order valence-corrected chi connectivity index (χ0v) is 13.2. The van der Waals surface area contributed by atoms with E-state index in [2.05, 4.69) is 11.9 Å². The van der Waals surface area contributed by atoms with E-state index in [1.54, 1.807) is 12.1 Å². The van der Waals surface area contributed by atoms with E-state index in [0.29, 0.717) is 18.0 Å². The fourth-order valence-electron chi connectivity index (χ4n) is 2.21. The summed E-state index contributed by atoms with van der Waals surface area (Å²) < 4.78 is 16.8. The van der Waals surface area contributed by atoms with Crippen molar-refractivity contribution in [2.24, 2.45) is 0 Å². The Labute approximate surface area is 135 Å². The van der Waals surface area contributed by atoms with Crippen LogP contribution in [0.5, 0.6) is 0 Å². The molecular weight excluding hydrogens is 293 g/mol. The summed E-state index contributed by atoms with van der Waals surface area (Å²) >= 11 is 0. The van der Waals surface area contributed by atoms with Crippen molar-refractivity contribution in [1.29, 1.82) is 0 Å². The van der Waals surface area contributed by atoms with Crippen LogP contribution in [0.3, 0.4) is 0 Å². The van der Waals surface area contributed by atoms with Crippen LogP contribution >= 0.6 is 0 Å². The smallest absolute Gasteiger partial charge is 0.532 e. The van der Waals surface area contributed by atoms with Gasteiger partial charge in [0, 0.05) is 6.54 Å². The first kappa shape index (κ1) is 15.4. The zero-order valence-electron chi connectivity index (χ0n) is 13.2. The van der Waals surface area contributed by atoms with Crippen molar-refractivity contribution in [3.8, 4) is 0 Å². The third-order valence-electron chi connectivity index (χ3n) is 3.70. The van der Waals surface area contributed by atoms with Crippen LogP contribution in [0.2, 0.25) is 0 Å². The summed E-state index contributed by atoms with van der Waals surface area (Å²) in [6, 6.07) is 13.0. The molecule has 1 aliphatic rings. The highest BCUT2D eigenvalue weighted by atomic mass is 16.7. The van der Waals surface area contributed by atoms with Gasteiger partial charge in [-0.15, -0.1) is 0 Å². The van der Waals surface area contributed by atoms with Crippen LogP contribution < -0.4 is 11.0 Å². The summed E-state index contributed by atoms with van der Waals surface area (Å²) in [5.74, 6) is 0.476. The molecule has 2 aromatic rings. The van der Waals surface area contributed by atoms with Crippen molar-refractivity contribution in [3.63, 3.8) is 0 Å². The van der Waals surface area contributed by atoms with Crippen molar-refractivity contribution < 1.29 is 18.5 Å².